The number of hydrogen-bond acceptors (Lipinski definition) is 5. The molecule has 2 fully saturated rings. The Hall–Kier alpha value is -1.37. The highest BCUT2D eigenvalue weighted by atomic mass is 16.5. The predicted octanol–water partition coefficient (Wildman–Crippen LogP) is 0.0847. The fourth-order valence-electron chi connectivity index (χ4n) is 2.80. The lowest BCUT2D eigenvalue weighted by Crippen LogP contribution is -2.52. The van der Waals surface area contributed by atoms with Crippen molar-refractivity contribution in [3.8, 4) is 0 Å². The van der Waals surface area contributed by atoms with Crippen LogP contribution in [-0.4, -0.2) is 68.2 Å². The first-order valence-electron chi connectivity index (χ1n) is 7.21. The average Bonchev–Trinajstić information content (AvgIpc) is 3.03. The lowest BCUT2D eigenvalue weighted by molar-refractivity contribution is -0.142. The minimum Gasteiger partial charge on any atom is -0.467 e. The van der Waals surface area contributed by atoms with Gasteiger partial charge in [-0.25, -0.2) is 0 Å². The van der Waals surface area contributed by atoms with Gasteiger partial charge in [0, 0.05) is 39.3 Å². The van der Waals surface area contributed by atoms with E-state index in [1.165, 1.54) is 0 Å². The molecule has 2 aliphatic heterocycles. The van der Waals surface area contributed by atoms with Crippen molar-refractivity contribution in [1.29, 1.82) is 0 Å². The van der Waals surface area contributed by atoms with Crippen molar-refractivity contribution >= 4 is 5.91 Å². The number of rotatable bonds is 3. The number of nitrogens with one attached hydrogen (secondary N) is 1. The first-order valence-corrected chi connectivity index (χ1v) is 7.21. The molecule has 3 rings (SSSR count). The molecule has 2 saturated heterocycles. The maximum absolute atomic E-state index is 12.8. The summed E-state index contributed by atoms with van der Waals surface area (Å²) in [6.07, 6.45) is 1.64. The number of carbonyl (C=O) groups excluding carboxylic acids is 1. The number of amides is 1. The molecule has 1 aromatic rings. The number of piperazine rings is 1. The maximum Gasteiger partial charge on any atom is 0.247 e. The third kappa shape index (κ3) is 2.87. The number of furan rings is 1. The van der Waals surface area contributed by atoms with Crippen LogP contribution < -0.4 is 5.32 Å². The fourth-order valence-corrected chi connectivity index (χ4v) is 2.80. The van der Waals surface area contributed by atoms with Crippen LogP contribution in [-0.2, 0) is 9.53 Å². The molecule has 0 spiro atoms. The Balaban J connectivity index is 1.78. The molecule has 0 bridgehead atoms. The van der Waals surface area contributed by atoms with Gasteiger partial charge in [-0.1, -0.05) is 0 Å². The van der Waals surface area contributed by atoms with Crippen molar-refractivity contribution < 1.29 is 13.9 Å². The number of ether oxygens (including phenoxy) is 1. The molecule has 110 valence electrons. The normalized spacial score (nSPS) is 22.7. The van der Waals surface area contributed by atoms with E-state index in [-0.39, 0.29) is 11.9 Å². The first-order chi connectivity index (χ1) is 9.86. The van der Waals surface area contributed by atoms with Crippen LogP contribution in [0.5, 0.6) is 0 Å². The van der Waals surface area contributed by atoms with Crippen molar-refractivity contribution in [3.63, 3.8) is 0 Å². The molecule has 6 nitrogen and oxygen atoms in total. The lowest BCUT2D eigenvalue weighted by atomic mass is 10.1. The number of carbonyl (C=O) groups is 1. The first kappa shape index (κ1) is 13.6. The van der Waals surface area contributed by atoms with E-state index < -0.39 is 0 Å². The molecule has 6 heteroatoms. The molecule has 3 heterocycles. The molecule has 1 aromatic heterocycles. The Kier molecular flexibility index (Phi) is 4.34. The fraction of sp³-hybridized carbons (Fsp3) is 0.643. The van der Waals surface area contributed by atoms with Crippen LogP contribution in [0.15, 0.2) is 22.8 Å². The van der Waals surface area contributed by atoms with Crippen LogP contribution in [0.25, 0.3) is 0 Å². The second kappa shape index (κ2) is 6.39. The molecule has 0 aromatic carbocycles. The minimum atomic E-state index is -0.301. The minimum absolute atomic E-state index is 0.130. The topological polar surface area (TPSA) is 58.0 Å². The van der Waals surface area contributed by atoms with E-state index in [1.54, 1.807) is 6.26 Å². The van der Waals surface area contributed by atoms with E-state index in [2.05, 4.69) is 10.2 Å². The summed E-state index contributed by atoms with van der Waals surface area (Å²) >= 11 is 0. The standard InChI is InChI=1S/C14H21N3O3/c18-14(17-7-10-19-11-8-17)13(12-2-1-9-20-12)16-5-3-15-4-6-16/h1-2,9,13,15H,3-8,10-11H2. The molecule has 1 atom stereocenters. The zero-order valence-corrected chi connectivity index (χ0v) is 11.6. The van der Waals surface area contributed by atoms with Gasteiger partial charge in [0.1, 0.15) is 11.8 Å². The summed E-state index contributed by atoms with van der Waals surface area (Å²) in [5.41, 5.74) is 0. The number of morpholine rings is 1. The van der Waals surface area contributed by atoms with Crippen LogP contribution in [0, 0.1) is 0 Å². The zero-order valence-electron chi connectivity index (χ0n) is 11.6. The van der Waals surface area contributed by atoms with E-state index >= 15 is 0 Å². The van der Waals surface area contributed by atoms with Gasteiger partial charge in [0.25, 0.3) is 0 Å². The number of nitrogens with zero attached hydrogens (tertiary/aromatic N) is 2. The van der Waals surface area contributed by atoms with Gasteiger partial charge in [-0.15, -0.1) is 0 Å². The van der Waals surface area contributed by atoms with Crippen LogP contribution in [0.3, 0.4) is 0 Å². The van der Waals surface area contributed by atoms with Crippen LogP contribution >= 0.6 is 0 Å². The van der Waals surface area contributed by atoms with Crippen molar-refractivity contribution in [2.24, 2.45) is 0 Å². The summed E-state index contributed by atoms with van der Waals surface area (Å²) in [4.78, 5) is 16.9. The molecule has 1 amide bonds. The highest BCUT2D eigenvalue weighted by Crippen LogP contribution is 2.24. The second-order valence-corrected chi connectivity index (χ2v) is 5.14. The molecule has 1 unspecified atom stereocenters. The van der Waals surface area contributed by atoms with Gasteiger partial charge in [-0.3, -0.25) is 9.69 Å². The molecule has 20 heavy (non-hydrogen) atoms. The summed E-state index contributed by atoms with van der Waals surface area (Å²) in [7, 11) is 0. The van der Waals surface area contributed by atoms with E-state index in [9.17, 15) is 4.79 Å². The molecule has 0 aliphatic carbocycles. The van der Waals surface area contributed by atoms with E-state index in [0.717, 1.165) is 31.9 Å². The SMILES string of the molecule is O=C(C(c1ccco1)N1CCNCC1)N1CCOCC1. The largest absolute Gasteiger partial charge is 0.467 e. The third-order valence-electron chi connectivity index (χ3n) is 3.89. The Morgan fingerprint density at radius 2 is 1.95 bits per heavy atom. The third-order valence-corrected chi connectivity index (χ3v) is 3.89. The molecule has 0 saturated carbocycles. The molecule has 0 radical (unpaired) electrons. The van der Waals surface area contributed by atoms with Crippen LogP contribution in [0.1, 0.15) is 11.8 Å². The van der Waals surface area contributed by atoms with Gasteiger partial charge < -0.3 is 19.4 Å². The van der Waals surface area contributed by atoms with Gasteiger partial charge in [-0.05, 0) is 12.1 Å². The van der Waals surface area contributed by atoms with Gasteiger partial charge >= 0.3 is 0 Å². The monoisotopic (exact) mass is 279 g/mol. The summed E-state index contributed by atoms with van der Waals surface area (Å²) in [6.45, 7) is 6.13. The van der Waals surface area contributed by atoms with E-state index in [4.69, 9.17) is 9.15 Å². The quantitative estimate of drug-likeness (QED) is 0.849. The van der Waals surface area contributed by atoms with Crippen molar-refractivity contribution in [2.45, 2.75) is 6.04 Å². The van der Waals surface area contributed by atoms with Gasteiger partial charge in [-0.2, -0.15) is 0 Å². The Morgan fingerprint density at radius 1 is 1.20 bits per heavy atom. The average molecular weight is 279 g/mol. The van der Waals surface area contributed by atoms with E-state index in [0.29, 0.717) is 26.3 Å². The molecule has 2 aliphatic rings. The van der Waals surface area contributed by atoms with Crippen LogP contribution in [0.2, 0.25) is 0 Å². The smallest absolute Gasteiger partial charge is 0.247 e. The predicted molar refractivity (Wildman–Crippen MR) is 73.3 cm³/mol. The summed E-state index contributed by atoms with van der Waals surface area (Å²) in [6, 6.07) is 3.44. The van der Waals surface area contributed by atoms with Crippen molar-refractivity contribution in [3.05, 3.63) is 24.2 Å². The number of hydrogen-bond donors (Lipinski definition) is 1. The van der Waals surface area contributed by atoms with E-state index in [1.807, 2.05) is 17.0 Å². The van der Waals surface area contributed by atoms with Crippen molar-refractivity contribution in [1.82, 2.24) is 15.1 Å². The van der Waals surface area contributed by atoms with Gasteiger partial charge in [0.05, 0.1) is 19.5 Å². The summed E-state index contributed by atoms with van der Waals surface area (Å²) < 4.78 is 10.8. The second-order valence-electron chi connectivity index (χ2n) is 5.14. The summed E-state index contributed by atoms with van der Waals surface area (Å²) in [5.74, 6) is 0.869. The zero-order chi connectivity index (χ0) is 13.8. The Labute approximate surface area is 118 Å². The lowest BCUT2D eigenvalue weighted by Gasteiger charge is -2.37. The summed E-state index contributed by atoms with van der Waals surface area (Å²) in [5, 5.41) is 3.32. The Morgan fingerprint density at radius 3 is 2.60 bits per heavy atom. The highest BCUT2D eigenvalue weighted by Gasteiger charge is 2.34. The molecular formula is C14H21N3O3. The highest BCUT2D eigenvalue weighted by molar-refractivity contribution is 5.82. The molecule has 1 N–H and O–H groups in total. The van der Waals surface area contributed by atoms with Gasteiger partial charge in [0.2, 0.25) is 5.91 Å². The molecular weight excluding hydrogens is 258 g/mol. The maximum atomic E-state index is 12.8. The van der Waals surface area contributed by atoms with Crippen molar-refractivity contribution in [2.75, 3.05) is 52.5 Å². The Bertz CT molecular complexity index is 423. The van der Waals surface area contributed by atoms with Crippen LogP contribution in [0.4, 0.5) is 0 Å². The van der Waals surface area contributed by atoms with Gasteiger partial charge in [0.15, 0.2) is 0 Å².